The highest BCUT2D eigenvalue weighted by Crippen LogP contribution is 2.07. The van der Waals surface area contributed by atoms with E-state index in [-0.39, 0.29) is 0 Å². The van der Waals surface area contributed by atoms with Gasteiger partial charge in [-0.2, -0.15) is 5.26 Å². The second-order valence-electron chi connectivity index (χ2n) is 2.30. The first-order chi connectivity index (χ1) is 5.27. The quantitative estimate of drug-likeness (QED) is 0.590. The molecule has 0 radical (unpaired) electrons. The molecule has 0 N–H and O–H groups in total. The molecule has 0 aliphatic heterocycles. The van der Waals surface area contributed by atoms with Gasteiger partial charge in [0.2, 0.25) is 0 Å². The normalized spacial score (nSPS) is 8.73. The maximum atomic E-state index is 8.55. The van der Waals surface area contributed by atoms with E-state index in [1.165, 1.54) is 0 Å². The van der Waals surface area contributed by atoms with E-state index >= 15 is 0 Å². The lowest BCUT2D eigenvalue weighted by Crippen LogP contribution is -1.85. The van der Waals surface area contributed by atoms with Crippen LogP contribution >= 0.6 is 12.2 Å². The van der Waals surface area contributed by atoms with Gasteiger partial charge in [-0.05, 0) is 30.2 Å². The SMILES string of the molecule is Cc1ccc(C#N)cc1C=S. The summed E-state index contributed by atoms with van der Waals surface area (Å²) in [6, 6.07) is 7.55. The van der Waals surface area contributed by atoms with Crippen molar-refractivity contribution in [2.75, 3.05) is 0 Å². The first-order valence-electron chi connectivity index (χ1n) is 3.24. The molecule has 1 aromatic carbocycles. The Labute approximate surface area is 71.3 Å². The maximum Gasteiger partial charge on any atom is 0.0991 e. The molecule has 54 valence electrons. The summed E-state index contributed by atoms with van der Waals surface area (Å²) in [5.41, 5.74) is 2.73. The van der Waals surface area contributed by atoms with Crippen LogP contribution in [0.15, 0.2) is 18.2 Å². The zero-order chi connectivity index (χ0) is 8.27. The fourth-order valence-corrected chi connectivity index (χ4v) is 1.09. The summed E-state index contributed by atoms with van der Waals surface area (Å²) >= 11 is 4.78. The van der Waals surface area contributed by atoms with Crippen LogP contribution in [0.4, 0.5) is 0 Å². The first-order valence-corrected chi connectivity index (χ1v) is 3.71. The molecule has 0 unspecified atom stereocenters. The Morgan fingerprint density at radius 2 is 2.27 bits per heavy atom. The lowest BCUT2D eigenvalue weighted by molar-refractivity contribution is 1.42. The van der Waals surface area contributed by atoms with Crippen LogP contribution in [-0.2, 0) is 0 Å². The lowest BCUT2D eigenvalue weighted by Gasteiger charge is -1.97. The molecule has 1 nitrogen and oxygen atoms in total. The monoisotopic (exact) mass is 161 g/mol. The summed E-state index contributed by atoms with van der Waals surface area (Å²) in [5.74, 6) is 0. The minimum absolute atomic E-state index is 0.659. The third-order valence-electron chi connectivity index (χ3n) is 1.54. The molecule has 0 heterocycles. The molecule has 0 aromatic heterocycles. The number of nitriles is 1. The minimum Gasteiger partial charge on any atom is -0.192 e. The van der Waals surface area contributed by atoms with Gasteiger partial charge < -0.3 is 0 Å². The van der Waals surface area contributed by atoms with E-state index in [4.69, 9.17) is 17.5 Å². The van der Waals surface area contributed by atoms with Crippen LogP contribution < -0.4 is 0 Å². The van der Waals surface area contributed by atoms with E-state index < -0.39 is 0 Å². The number of aryl methyl sites for hydroxylation is 1. The van der Waals surface area contributed by atoms with Gasteiger partial charge in [0.25, 0.3) is 0 Å². The van der Waals surface area contributed by atoms with Crippen molar-refractivity contribution >= 4 is 17.6 Å². The predicted molar refractivity (Wildman–Crippen MR) is 48.7 cm³/mol. The van der Waals surface area contributed by atoms with E-state index in [0.717, 1.165) is 11.1 Å². The van der Waals surface area contributed by atoms with E-state index in [1.54, 1.807) is 17.5 Å². The Kier molecular flexibility index (Phi) is 2.35. The number of rotatable bonds is 1. The van der Waals surface area contributed by atoms with Crippen LogP contribution in [-0.4, -0.2) is 5.37 Å². The van der Waals surface area contributed by atoms with Gasteiger partial charge in [-0.1, -0.05) is 18.3 Å². The third-order valence-corrected chi connectivity index (χ3v) is 1.79. The van der Waals surface area contributed by atoms with E-state index in [9.17, 15) is 0 Å². The number of nitrogens with zero attached hydrogens (tertiary/aromatic N) is 1. The van der Waals surface area contributed by atoms with Gasteiger partial charge in [0, 0.05) is 5.37 Å². The average molecular weight is 161 g/mol. The zero-order valence-electron chi connectivity index (χ0n) is 6.16. The van der Waals surface area contributed by atoms with Gasteiger partial charge in [0.15, 0.2) is 0 Å². The second-order valence-corrected chi connectivity index (χ2v) is 2.54. The van der Waals surface area contributed by atoms with Crippen LogP contribution in [0.25, 0.3) is 0 Å². The predicted octanol–water partition coefficient (Wildman–Crippen LogP) is 2.21. The molecule has 2 heteroatoms. The maximum absolute atomic E-state index is 8.55. The topological polar surface area (TPSA) is 23.8 Å². The van der Waals surface area contributed by atoms with Crippen molar-refractivity contribution < 1.29 is 0 Å². The molecular formula is C9H7NS. The van der Waals surface area contributed by atoms with Gasteiger partial charge in [-0.15, -0.1) is 0 Å². The Balaban J connectivity index is 3.25. The molecule has 0 aliphatic carbocycles. The van der Waals surface area contributed by atoms with Crippen LogP contribution in [0, 0.1) is 18.3 Å². The Morgan fingerprint density at radius 3 is 2.82 bits per heavy atom. The van der Waals surface area contributed by atoms with Crippen molar-refractivity contribution in [3.8, 4) is 6.07 Å². The summed E-state index contributed by atoms with van der Waals surface area (Å²) in [7, 11) is 0. The summed E-state index contributed by atoms with van der Waals surface area (Å²) in [5, 5.41) is 10.1. The molecular weight excluding hydrogens is 154 g/mol. The molecule has 0 saturated heterocycles. The molecule has 0 bridgehead atoms. The van der Waals surface area contributed by atoms with E-state index in [0.29, 0.717) is 5.56 Å². The second kappa shape index (κ2) is 3.27. The van der Waals surface area contributed by atoms with Crippen LogP contribution in [0.3, 0.4) is 0 Å². The van der Waals surface area contributed by atoms with Gasteiger partial charge in [0.1, 0.15) is 0 Å². The van der Waals surface area contributed by atoms with Gasteiger partial charge >= 0.3 is 0 Å². The number of hydrogen-bond donors (Lipinski definition) is 0. The summed E-state index contributed by atoms with van der Waals surface area (Å²) in [6.07, 6.45) is 0. The number of benzene rings is 1. The summed E-state index contributed by atoms with van der Waals surface area (Å²) in [4.78, 5) is 0. The fourth-order valence-electron chi connectivity index (χ4n) is 0.837. The number of thiocarbonyl (C=S) groups is 1. The van der Waals surface area contributed by atoms with Gasteiger partial charge in [-0.3, -0.25) is 0 Å². The van der Waals surface area contributed by atoms with Crippen molar-refractivity contribution in [1.82, 2.24) is 0 Å². The third kappa shape index (κ3) is 1.63. The van der Waals surface area contributed by atoms with E-state index in [2.05, 4.69) is 6.07 Å². The van der Waals surface area contributed by atoms with Crippen LogP contribution in [0.5, 0.6) is 0 Å². The van der Waals surface area contributed by atoms with Crippen LogP contribution in [0.2, 0.25) is 0 Å². The average Bonchev–Trinajstić information content (AvgIpc) is 2.05. The standard InChI is InChI=1S/C9H7NS/c1-7-2-3-8(5-10)4-9(7)6-11/h2-4,6H,1H3. The largest absolute Gasteiger partial charge is 0.192 e. The Hall–Kier alpha value is -1.20. The smallest absolute Gasteiger partial charge is 0.0991 e. The van der Waals surface area contributed by atoms with Gasteiger partial charge in [-0.25, -0.2) is 0 Å². The van der Waals surface area contributed by atoms with Crippen molar-refractivity contribution in [2.45, 2.75) is 6.92 Å². The molecule has 11 heavy (non-hydrogen) atoms. The molecule has 1 rings (SSSR count). The highest BCUT2D eigenvalue weighted by molar-refractivity contribution is 7.79. The summed E-state index contributed by atoms with van der Waals surface area (Å²) < 4.78 is 0. The fraction of sp³-hybridized carbons (Fsp3) is 0.111. The Morgan fingerprint density at radius 1 is 1.55 bits per heavy atom. The van der Waals surface area contributed by atoms with Crippen molar-refractivity contribution in [3.63, 3.8) is 0 Å². The first kappa shape index (κ1) is 7.90. The molecule has 0 atom stereocenters. The van der Waals surface area contributed by atoms with Crippen LogP contribution in [0.1, 0.15) is 16.7 Å². The minimum atomic E-state index is 0.659. The zero-order valence-corrected chi connectivity index (χ0v) is 6.98. The summed E-state index contributed by atoms with van der Waals surface area (Å²) in [6.45, 7) is 1.97. The lowest BCUT2D eigenvalue weighted by atomic mass is 10.1. The van der Waals surface area contributed by atoms with Crippen molar-refractivity contribution in [2.24, 2.45) is 0 Å². The highest BCUT2D eigenvalue weighted by Gasteiger charge is 1.95. The molecule has 1 aromatic rings. The number of hydrogen-bond acceptors (Lipinski definition) is 2. The molecule has 0 spiro atoms. The highest BCUT2D eigenvalue weighted by atomic mass is 32.1. The van der Waals surface area contributed by atoms with Crippen molar-refractivity contribution in [1.29, 1.82) is 5.26 Å². The molecule has 0 fully saturated rings. The Bertz CT molecular complexity index is 323. The molecule has 0 amide bonds. The van der Waals surface area contributed by atoms with Gasteiger partial charge in [0.05, 0.1) is 11.6 Å². The van der Waals surface area contributed by atoms with Crippen molar-refractivity contribution in [3.05, 3.63) is 34.9 Å². The van der Waals surface area contributed by atoms with E-state index in [1.807, 2.05) is 13.0 Å². The molecule has 0 aliphatic rings. The molecule has 0 saturated carbocycles.